The Bertz CT molecular complexity index is 360. The molecular formula is C17H29NO. The van der Waals surface area contributed by atoms with Gasteiger partial charge in [0.1, 0.15) is 5.75 Å². The van der Waals surface area contributed by atoms with E-state index >= 15 is 0 Å². The minimum atomic E-state index is 0.0892. The van der Waals surface area contributed by atoms with Crippen molar-refractivity contribution in [2.24, 2.45) is 5.73 Å². The second-order valence-electron chi connectivity index (χ2n) is 5.43. The van der Waals surface area contributed by atoms with E-state index in [-0.39, 0.29) is 6.04 Å². The average Bonchev–Trinajstić information content (AvgIpc) is 2.39. The Balaban J connectivity index is 2.26. The maximum Gasteiger partial charge on any atom is 0.122 e. The van der Waals surface area contributed by atoms with Crippen molar-refractivity contribution < 1.29 is 4.74 Å². The van der Waals surface area contributed by atoms with Gasteiger partial charge in [-0.25, -0.2) is 0 Å². The average molecular weight is 263 g/mol. The molecule has 0 fully saturated rings. The fraction of sp³-hybridized carbons (Fsp3) is 0.647. The minimum Gasteiger partial charge on any atom is -0.493 e. The third kappa shape index (κ3) is 6.11. The number of benzene rings is 1. The van der Waals surface area contributed by atoms with Crippen LogP contribution in [0.2, 0.25) is 0 Å². The highest BCUT2D eigenvalue weighted by Gasteiger charge is 2.04. The highest BCUT2D eigenvalue weighted by atomic mass is 16.5. The number of rotatable bonds is 9. The van der Waals surface area contributed by atoms with Gasteiger partial charge in [-0.2, -0.15) is 0 Å². The van der Waals surface area contributed by atoms with Gasteiger partial charge in [0.25, 0.3) is 0 Å². The van der Waals surface area contributed by atoms with E-state index in [1.165, 1.54) is 43.2 Å². The van der Waals surface area contributed by atoms with Crippen LogP contribution in [0, 0.1) is 6.92 Å². The highest BCUT2D eigenvalue weighted by molar-refractivity contribution is 5.37. The number of hydrogen-bond acceptors (Lipinski definition) is 2. The summed E-state index contributed by atoms with van der Waals surface area (Å²) >= 11 is 0. The zero-order valence-corrected chi connectivity index (χ0v) is 12.7. The first-order valence-corrected chi connectivity index (χ1v) is 7.64. The van der Waals surface area contributed by atoms with E-state index in [0.29, 0.717) is 0 Å². The van der Waals surface area contributed by atoms with Crippen LogP contribution in [0.25, 0.3) is 0 Å². The van der Waals surface area contributed by atoms with Crippen LogP contribution in [0.4, 0.5) is 0 Å². The standard InChI is InChI=1S/C17H29NO/c1-4-5-6-7-8-9-12-19-17-11-10-16(15(3)18)13-14(17)2/h10-11,13,15H,4-9,12,18H2,1-3H3. The zero-order chi connectivity index (χ0) is 14.1. The largest absolute Gasteiger partial charge is 0.493 e. The van der Waals surface area contributed by atoms with E-state index in [1.807, 2.05) is 13.0 Å². The normalized spacial score (nSPS) is 12.4. The minimum absolute atomic E-state index is 0.0892. The van der Waals surface area contributed by atoms with Crippen LogP contribution in [0.1, 0.15) is 69.5 Å². The summed E-state index contributed by atoms with van der Waals surface area (Å²) in [4.78, 5) is 0. The van der Waals surface area contributed by atoms with E-state index in [9.17, 15) is 0 Å². The summed E-state index contributed by atoms with van der Waals surface area (Å²) in [5.41, 5.74) is 8.22. The second kappa shape index (κ2) is 8.98. The fourth-order valence-corrected chi connectivity index (χ4v) is 2.18. The molecule has 0 aromatic heterocycles. The zero-order valence-electron chi connectivity index (χ0n) is 12.7. The lowest BCUT2D eigenvalue weighted by atomic mass is 10.1. The molecule has 0 amide bonds. The van der Waals surface area contributed by atoms with Gasteiger partial charge in [-0.05, 0) is 37.5 Å². The Morgan fingerprint density at radius 2 is 1.79 bits per heavy atom. The number of hydrogen-bond donors (Lipinski definition) is 1. The molecule has 0 heterocycles. The van der Waals surface area contributed by atoms with Crippen molar-refractivity contribution in [3.63, 3.8) is 0 Å². The SMILES string of the molecule is CCCCCCCCOc1ccc(C(C)N)cc1C. The third-order valence-corrected chi connectivity index (χ3v) is 3.48. The summed E-state index contributed by atoms with van der Waals surface area (Å²) in [5, 5.41) is 0. The van der Waals surface area contributed by atoms with Crippen LogP contribution >= 0.6 is 0 Å². The molecule has 0 spiro atoms. The summed E-state index contributed by atoms with van der Waals surface area (Å²) in [6.07, 6.45) is 7.79. The van der Waals surface area contributed by atoms with Gasteiger partial charge in [0, 0.05) is 6.04 Å². The second-order valence-corrected chi connectivity index (χ2v) is 5.43. The molecular weight excluding hydrogens is 234 g/mol. The van der Waals surface area contributed by atoms with Gasteiger partial charge in [-0.3, -0.25) is 0 Å². The predicted molar refractivity (Wildman–Crippen MR) is 82.7 cm³/mol. The topological polar surface area (TPSA) is 35.2 Å². The lowest BCUT2D eigenvalue weighted by molar-refractivity contribution is 0.302. The lowest BCUT2D eigenvalue weighted by Gasteiger charge is -2.12. The van der Waals surface area contributed by atoms with Gasteiger partial charge in [0.15, 0.2) is 0 Å². The maximum absolute atomic E-state index is 5.87. The van der Waals surface area contributed by atoms with Crippen molar-refractivity contribution in [1.29, 1.82) is 0 Å². The Morgan fingerprint density at radius 1 is 1.11 bits per heavy atom. The number of aryl methyl sites for hydroxylation is 1. The first-order chi connectivity index (χ1) is 9.15. The monoisotopic (exact) mass is 263 g/mol. The van der Waals surface area contributed by atoms with Crippen molar-refractivity contribution >= 4 is 0 Å². The molecule has 1 aromatic carbocycles. The van der Waals surface area contributed by atoms with Crippen molar-refractivity contribution in [2.75, 3.05) is 6.61 Å². The molecule has 0 bridgehead atoms. The molecule has 1 aromatic rings. The highest BCUT2D eigenvalue weighted by Crippen LogP contribution is 2.22. The molecule has 0 saturated carbocycles. The molecule has 2 nitrogen and oxygen atoms in total. The van der Waals surface area contributed by atoms with Gasteiger partial charge in [0.2, 0.25) is 0 Å². The van der Waals surface area contributed by atoms with E-state index < -0.39 is 0 Å². The molecule has 108 valence electrons. The van der Waals surface area contributed by atoms with Gasteiger partial charge in [-0.1, -0.05) is 51.2 Å². The van der Waals surface area contributed by atoms with Gasteiger partial charge in [0.05, 0.1) is 6.61 Å². The third-order valence-electron chi connectivity index (χ3n) is 3.48. The Hall–Kier alpha value is -1.02. The van der Waals surface area contributed by atoms with Crippen LogP contribution < -0.4 is 10.5 Å². The van der Waals surface area contributed by atoms with Crippen molar-refractivity contribution in [3.8, 4) is 5.75 Å². The molecule has 0 radical (unpaired) electrons. The first-order valence-electron chi connectivity index (χ1n) is 7.64. The first kappa shape index (κ1) is 16.0. The fourth-order valence-electron chi connectivity index (χ4n) is 2.18. The summed E-state index contributed by atoms with van der Waals surface area (Å²) in [5.74, 6) is 0.998. The van der Waals surface area contributed by atoms with Crippen LogP contribution in [-0.2, 0) is 0 Å². The smallest absolute Gasteiger partial charge is 0.122 e. The molecule has 0 aliphatic carbocycles. The lowest BCUT2D eigenvalue weighted by Crippen LogP contribution is -2.06. The number of unbranched alkanes of at least 4 members (excludes halogenated alkanes) is 5. The molecule has 19 heavy (non-hydrogen) atoms. The quantitative estimate of drug-likeness (QED) is 0.652. The molecule has 1 atom stereocenters. The molecule has 2 N–H and O–H groups in total. The van der Waals surface area contributed by atoms with Gasteiger partial charge < -0.3 is 10.5 Å². The van der Waals surface area contributed by atoms with Gasteiger partial charge >= 0.3 is 0 Å². The van der Waals surface area contributed by atoms with Crippen molar-refractivity contribution in [3.05, 3.63) is 29.3 Å². The molecule has 0 saturated heterocycles. The van der Waals surface area contributed by atoms with Crippen LogP contribution in [0.15, 0.2) is 18.2 Å². The Morgan fingerprint density at radius 3 is 2.42 bits per heavy atom. The number of ether oxygens (including phenoxy) is 1. The maximum atomic E-state index is 5.87. The van der Waals surface area contributed by atoms with E-state index in [4.69, 9.17) is 10.5 Å². The molecule has 2 heteroatoms. The van der Waals surface area contributed by atoms with E-state index in [2.05, 4.69) is 26.0 Å². The van der Waals surface area contributed by atoms with Crippen molar-refractivity contribution in [2.45, 2.75) is 65.3 Å². The number of nitrogens with two attached hydrogens (primary N) is 1. The van der Waals surface area contributed by atoms with Gasteiger partial charge in [-0.15, -0.1) is 0 Å². The molecule has 0 aliphatic rings. The summed E-state index contributed by atoms with van der Waals surface area (Å²) in [6, 6.07) is 6.33. The summed E-state index contributed by atoms with van der Waals surface area (Å²) in [7, 11) is 0. The van der Waals surface area contributed by atoms with E-state index in [0.717, 1.165) is 18.8 Å². The summed E-state index contributed by atoms with van der Waals surface area (Å²) in [6.45, 7) is 7.16. The Kier molecular flexibility index (Phi) is 7.57. The molecule has 1 unspecified atom stereocenters. The van der Waals surface area contributed by atoms with E-state index in [1.54, 1.807) is 0 Å². The molecule has 0 aliphatic heterocycles. The molecule has 1 rings (SSSR count). The summed E-state index contributed by atoms with van der Waals surface area (Å²) < 4.78 is 5.84. The van der Waals surface area contributed by atoms with Crippen LogP contribution in [-0.4, -0.2) is 6.61 Å². The van der Waals surface area contributed by atoms with Crippen LogP contribution in [0.3, 0.4) is 0 Å². The Labute approximate surface area is 118 Å². The van der Waals surface area contributed by atoms with Crippen molar-refractivity contribution in [1.82, 2.24) is 0 Å². The predicted octanol–water partition coefficient (Wildman–Crippen LogP) is 4.75. The van der Waals surface area contributed by atoms with Crippen LogP contribution in [0.5, 0.6) is 5.75 Å².